The molecule has 0 atom stereocenters. The van der Waals surface area contributed by atoms with Gasteiger partial charge in [-0.25, -0.2) is 4.79 Å². The van der Waals surface area contributed by atoms with Crippen molar-refractivity contribution in [3.8, 4) is 11.1 Å². The maximum absolute atomic E-state index is 12.0. The van der Waals surface area contributed by atoms with Crippen molar-refractivity contribution in [2.75, 3.05) is 20.2 Å². The van der Waals surface area contributed by atoms with Crippen LogP contribution < -0.4 is 0 Å². The highest BCUT2D eigenvalue weighted by Crippen LogP contribution is 2.44. The molecule has 1 aliphatic rings. The van der Waals surface area contributed by atoms with Crippen LogP contribution in [-0.2, 0) is 4.74 Å². The first-order valence-corrected chi connectivity index (χ1v) is 7.78. The van der Waals surface area contributed by atoms with Crippen LogP contribution in [0.5, 0.6) is 0 Å². The normalized spacial score (nSPS) is 12.6. The topological polar surface area (TPSA) is 29.5 Å². The summed E-state index contributed by atoms with van der Waals surface area (Å²) in [5.74, 6) is 0.131. The Bertz CT molecular complexity index is 635. The van der Waals surface area contributed by atoms with Crippen LogP contribution in [-0.4, -0.2) is 31.2 Å². The van der Waals surface area contributed by atoms with Crippen LogP contribution in [0.2, 0.25) is 0 Å². The highest BCUT2D eigenvalue weighted by atomic mass is 16.6. The van der Waals surface area contributed by atoms with E-state index in [0.29, 0.717) is 6.61 Å². The van der Waals surface area contributed by atoms with E-state index in [0.717, 1.165) is 13.0 Å². The van der Waals surface area contributed by atoms with Gasteiger partial charge in [-0.2, -0.15) is 0 Å². The first-order valence-electron chi connectivity index (χ1n) is 7.78. The van der Waals surface area contributed by atoms with Gasteiger partial charge in [0.05, 0.1) is 0 Å². The molecule has 0 aliphatic heterocycles. The molecule has 1 amide bonds. The molecule has 2 aromatic rings. The van der Waals surface area contributed by atoms with Crippen LogP contribution in [0.4, 0.5) is 4.79 Å². The van der Waals surface area contributed by atoms with Crippen LogP contribution in [0.3, 0.4) is 0 Å². The summed E-state index contributed by atoms with van der Waals surface area (Å²) in [5, 5.41) is 0. The smallest absolute Gasteiger partial charge is 0.409 e. The molecule has 0 bridgehead atoms. The van der Waals surface area contributed by atoms with E-state index in [2.05, 4.69) is 36.4 Å². The molecule has 0 radical (unpaired) electrons. The Morgan fingerprint density at radius 3 is 2.14 bits per heavy atom. The summed E-state index contributed by atoms with van der Waals surface area (Å²) in [4.78, 5) is 13.6. The van der Waals surface area contributed by atoms with Gasteiger partial charge in [0.25, 0.3) is 0 Å². The number of hydrogen-bond donors (Lipinski definition) is 0. The average molecular weight is 295 g/mol. The number of fused-ring (bicyclic) bond motifs is 3. The average Bonchev–Trinajstić information content (AvgIpc) is 2.87. The fourth-order valence-electron chi connectivity index (χ4n) is 3.13. The van der Waals surface area contributed by atoms with Crippen LogP contribution >= 0.6 is 0 Å². The lowest BCUT2D eigenvalue weighted by atomic mass is 9.98. The van der Waals surface area contributed by atoms with Gasteiger partial charge in [-0.05, 0) is 28.7 Å². The van der Waals surface area contributed by atoms with Gasteiger partial charge < -0.3 is 9.64 Å². The molecule has 2 aromatic carbocycles. The molecule has 0 fully saturated rings. The van der Waals surface area contributed by atoms with Gasteiger partial charge in [0.2, 0.25) is 0 Å². The Morgan fingerprint density at radius 2 is 1.59 bits per heavy atom. The summed E-state index contributed by atoms with van der Waals surface area (Å²) in [6.07, 6.45) is 0.685. The van der Waals surface area contributed by atoms with Crippen molar-refractivity contribution in [2.45, 2.75) is 19.3 Å². The van der Waals surface area contributed by atoms with Gasteiger partial charge in [0.15, 0.2) is 0 Å². The lowest BCUT2D eigenvalue weighted by molar-refractivity contribution is 0.108. The lowest BCUT2D eigenvalue weighted by Gasteiger charge is -2.19. The van der Waals surface area contributed by atoms with Crippen molar-refractivity contribution < 1.29 is 9.53 Å². The fourth-order valence-corrected chi connectivity index (χ4v) is 3.13. The van der Waals surface area contributed by atoms with Crippen molar-refractivity contribution in [1.29, 1.82) is 0 Å². The van der Waals surface area contributed by atoms with Gasteiger partial charge in [-0.15, -0.1) is 0 Å². The molecule has 0 saturated carbocycles. The SMILES string of the molecule is CCCN(C)C(=O)OCC1c2ccccc2-c2ccccc21. The Morgan fingerprint density at radius 1 is 1.05 bits per heavy atom. The van der Waals surface area contributed by atoms with E-state index in [1.54, 1.807) is 11.9 Å². The Balaban J connectivity index is 1.81. The van der Waals surface area contributed by atoms with E-state index in [1.165, 1.54) is 22.3 Å². The minimum absolute atomic E-state index is 0.131. The Hall–Kier alpha value is -2.29. The zero-order chi connectivity index (χ0) is 15.5. The summed E-state index contributed by atoms with van der Waals surface area (Å²) in [7, 11) is 1.78. The highest BCUT2D eigenvalue weighted by molar-refractivity contribution is 5.79. The molecule has 3 rings (SSSR count). The number of rotatable bonds is 4. The molecule has 0 heterocycles. The standard InChI is InChI=1S/C19H21NO2/c1-3-12-20(2)19(21)22-13-18-16-10-6-4-8-14(16)15-9-5-7-11-17(15)18/h4-11,18H,3,12-13H2,1-2H3. The number of hydrogen-bond acceptors (Lipinski definition) is 2. The minimum Gasteiger partial charge on any atom is -0.448 e. The minimum atomic E-state index is -0.247. The first kappa shape index (κ1) is 14.6. The second kappa shape index (κ2) is 6.22. The third-order valence-electron chi connectivity index (χ3n) is 4.21. The number of carbonyl (C=O) groups excluding carboxylic acids is 1. The van der Waals surface area contributed by atoms with Crippen molar-refractivity contribution in [2.24, 2.45) is 0 Å². The number of benzene rings is 2. The van der Waals surface area contributed by atoms with Gasteiger partial charge in [0, 0.05) is 19.5 Å². The van der Waals surface area contributed by atoms with Crippen LogP contribution in [0, 0.1) is 0 Å². The number of nitrogens with zero attached hydrogens (tertiary/aromatic N) is 1. The van der Waals surface area contributed by atoms with Crippen molar-refractivity contribution in [1.82, 2.24) is 4.90 Å². The van der Waals surface area contributed by atoms with E-state index in [9.17, 15) is 4.79 Å². The summed E-state index contributed by atoms with van der Waals surface area (Å²) >= 11 is 0. The predicted molar refractivity (Wildman–Crippen MR) is 88.0 cm³/mol. The predicted octanol–water partition coefficient (Wildman–Crippen LogP) is 4.28. The molecule has 1 aliphatic carbocycles. The Labute approximate surface area is 131 Å². The molecule has 3 heteroatoms. The van der Waals surface area contributed by atoms with Gasteiger partial charge in [-0.3, -0.25) is 0 Å². The van der Waals surface area contributed by atoms with E-state index >= 15 is 0 Å². The molecule has 0 N–H and O–H groups in total. The third-order valence-corrected chi connectivity index (χ3v) is 4.21. The molecular weight excluding hydrogens is 274 g/mol. The maximum atomic E-state index is 12.0. The van der Waals surface area contributed by atoms with Crippen LogP contribution in [0.25, 0.3) is 11.1 Å². The monoisotopic (exact) mass is 295 g/mol. The quantitative estimate of drug-likeness (QED) is 0.842. The maximum Gasteiger partial charge on any atom is 0.409 e. The molecule has 0 aromatic heterocycles. The number of amides is 1. The van der Waals surface area contributed by atoms with Gasteiger partial charge >= 0.3 is 6.09 Å². The molecule has 3 nitrogen and oxygen atoms in total. The number of ether oxygens (including phenoxy) is 1. The number of carbonyl (C=O) groups is 1. The van der Waals surface area contributed by atoms with Crippen LogP contribution in [0.15, 0.2) is 48.5 Å². The van der Waals surface area contributed by atoms with Gasteiger partial charge in [0.1, 0.15) is 6.61 Å². The second-order valence-electron chi connectivity index (χ2n) is 5.73. The molecule has 0 spiro atoms. The molecular formula is C19H21NO2. The molecule has 114 valence electrons. The third kappa shape index (κ3) is 2.59. The van der Waals surface area contributed by atoms with E-state index in [-0.39, 0.29) is 12.0 Å². The van der Waals surface area contributed by atoms with Crippen molar-refractivity contribution in [3.05, 3.63) is 59.7 Å². The van der Waals surface area contributed by atoms with E-state index in [4.69, 9.17) is 4.74 Å². The summed E-state index contributed by atoms with van der Waals surface area (Å²) in [5.41, 5.74) is 4.99. The van der Waals surface area contributed by atoms with Crippen molar-refractivity contribution in [3.63, 3.8) is 0 Å². The molecule has 22 heavy (non-hydrogen) atoms. The first-order chi connectivity index (χ1) is 10.7. The molecule has 0 unspecified atom stereocenters. The van der Waals surface area contributed by atoms with Gasteiger partial charge in [-0.1, -0.05) is 55.5 Å². The zero-order valence-electron chi connectivity index (χ0n) is 13.1. The zero-order valence-corrected chi connectivity index (χ0v) is 13.1. The summed E-state index contributed by atoms with van der Waals surface area (Å²) < 4.78 is 5.54. The Kier molecular flexibility index (Phi) is 4.14. The summed E-state index contributed by atoms with van der Waals surface area (Å²) in [6.45, 7) is 3.16. The van der Waals surface area contributed by atoms with E-state index in [1.807, 2.05) is 19.1 Å². The fraction of sp³-hybridized carbons (Fsp3) is 0.316. The molecule has 0 saturated heterocycles. The highest BCUT2D eigenvalue weighted by Gasteiger charge is 2.29. The van der Waals surface area contributed by atoms with Crippen LogP contribution in [0.1, 0.15) is 30.4 Å². The lowest BCUT2D eigenvalue weighted by Crippen LogP contribution is -2.29. The second-order valence-corrected chi connectivity index (χ2v) is 5.73. The largest absolute Gasteiger partial charge is 0.448 e. The van der Waals surface area contributed by atoms with E-state index < -0.39 is 0 Å². The summed E-state index contributed by atoms with van der Waals surface area (Å²) in [6, 6.07) is 16.7. The van der Waals surface area contributed by atoms with Crippen molar-refractivity contribution >= 4 is 6.09 Å².